The first-order chi connectivity index (χ1) is 9.74. The molecule has 0 amide bonds. The summed E-state index contributed by atoms with van der Waals surface area (Å²) in [5, 5.41) is 4.09. The van der Waals surface area contributed by atoms with Crippen molar-refractivity contribution >= 4 is 5.88 Å². The Morgan fingerprint density at radius 3 is 2.80 bits per heavy atom. The zero-order valence-corrected chi connectivity index (χ0v) is 11.4. The second-order valence-electron chi connectivity index (χ2n) is 5.59. The SMILES string of the molecule is Nc1onc(CC2CCCCC2)c1-c1cccc(F)c1. The van der Waals surface area contributed by atoms with Crippen LogP contribution in [0.2, 0.25) is 0 Å². The van der Waals surface area contributed by atoms with Crippen molar-refractivity contribution in [3.05, 3.63) is 35.8 Å². The van der Waals surface area contributed by atoms with Crippen molar-refractivity contribution in [2.24, 2.45) is 5.92 Å². The monoisotopic (exact) mass is 274 g/mol. The molecule has 2 N–H and O–H groups in total. The number of rotatable bonds is 3. The summed E-state index contributed by atoms with van der Waals surface area (Å²) in [5.74, 6) is 0.647. The quantitative estimate of drug-likeness (QED) is 0.913. The van der Waals surface area contributed by atoms with Crippen LogP contribution in [0, 0.1) is 11.7 Å². The second kappa shape index (κ2) is 5.65. The summed E-state index contributed by atoms with van der Waals surface area (Å²) >= 11 is 0. The minimum Gasteiger partial charge on any atom is -0.367 e. The molecule has 1 heterocycles. The fourth-order valence-electron chi connectivity index (χ4n) is 3.09. The predicted molar refractivity (Wildman–Crippen MR) is 76.6 cm³/mol. The third-order valence-electron chi connectivity index (χ3n) is 4.11. The number of nitrogens with zero attached hydrogens (tertiary/aromatic N) is 1. The lowest BCUT2D eigenvalue weighted by Crippen LogP contribution is -2.10. The van der Waals surface area contributed by atoms with Crippen LogP contribution < -0.4 is 5.73 Å². The summed E-state index contributed by atoms with van der Waals surface area (Å²) in [6.45, 7) is 0. The van der Waals surface area contributed by atoms with E-state index >= 15 is 0 Å². The molecular formula is C16H19FN2O. The van der Waals surface area contributed by atoms with Gasteiger partial charge in [0.25, 0.3) is 0 Å². The fraction of sp³-hybridized carbons (Fsp3) is 0.438. The maximum absolute atomic E-state index is 13.4. The Kier molecular flexibility index (Phi) is 3.72. The first-order valence-corrected chi connectivity index (χ1v) is 7.24. The molecule has 1 aromatic carbocycles. The van der Waals surface area contributed by atoms with E-state index in [2.05, 4.69) is 5.16 Å². The summed E-state index contributed by atoms with van der Waals surface area (Å²) < 4.78 is 18.5. The molecule has 3 rings (SSSR count). The van der Waals surface area contributed by atoms with Crippen LogP contribution in [0.1, 0.15) is 37.8 Å². The molecule has 1 aromatic heterocycles. The van der Waals surface area contributed by atoms with Crippen molar-refractivity contribution in [2.75, 3.05) is 5.73 Å². The van der Waals surface area contributed by atoms with Crippen LogP contribution in [-0.4, -0.2) is 5.16 Å². The van der Waals surface area contributed by atoms with E-state index < -0.39 is 0 Å². The summed E-state index contributed by atoms with van der Waals surface area (Å²) in [6, 6.07) is 6.43. The molecule has 0 bridgehead atoms. The first kappa shape index (κ1) is 13.2. The Hall–Kier alpha value is -1.84. The van der Waals surface area contributed by atoms with Crippen LogP contribution in [0.5, 0.6) is 0 Å². The van der Waals surface area contributed by atoms with E-state index in [1.54, 1.807) is 6.07 Å². The zero-order chi connectivity index (χ0) is 13.9. The molecule has 20 heavy (non-hydrogen) atoms. The minimum absolute atomic E-state index is 0.272. The van der Waals surface area contributed by atoms with Crippen LogP contribution >= 0.6 is 0 Å². The Morgan fingerprint density at radius 1 is 1.25 bits per heavy atom. The van der Waals surface area contributed by atoms with Gasteiger partial charge in [0.15, 0.2) is 0 Å². The van der Waals surface area contributed by atoms with Crippen molar-refractivity contribution in [1.82, 2.24) is 5.16 Å². The zero-order valence-electron chi connectivity index (χ0n) is 11.4. The molecule has 1 saturated carbocycles. The van der Waals surface area contributed by atoms with E-state index in [4.69, 9.17) is 10.3 Å². The van der Waals surface area contributed by atoms with Crippen molar-refractivity contribution in [1.29, 1.82) is 0 Å². The number of aromatic nitrogens is 1. The summed E-state index contributed by atoms with van der Waals surface area (Å²) in [4.78, 5) is 0. The molecule has 0 saturated heterocycles. The van der Waals surface area contributed by atoms with Crippen LogP contribution in [0.15, 0.2) is 28.8 Å². The lowest BCUT2D eigenvalue weighted by Gasteiger charge is -2.20. The van der Waals surface area contributed by atoms with Gasteiger partial charge in [-0.25, -0.2) is 4.39 Å². The molecule has 0 atom stereocenters. The number of nitrogen functional groups attached to an aromatic ring is 1. The van der Waals surface area contributed by atoms with Gasteiger partial charge in [0.05, 0.1) is 11.3 Å². The standard InChI is InChI=1S/C16H19FN2O/c17-13-8-4-7-12(10-13)15-14(19-20-16(15)18)9-11-5-2-1-3-6-11/h4,7-8,10-11H,1-3,5-6,9,18H2. The maximum Gasteiger partial charge on any atom is 0.230 e. The van der Waals surface area contributed by atoms with Crippen molar-refractivity contribution in [3.63, 3.8) is 0 Å². The predicted octanol–water partition coefficient (Wildman–Crippen LogP) is 4.19. The van der Waals surface area contributed by atoms with Gasteiger partial charge in [-0.2, -0.15) is 0 Å². The number of nitrogens with two attached hydrogens (primary N) is 1. The Labute approximate surface area is 118 Å². The van der Waals surface area contributed by atoms with E-state index in [0.717, 1.165) is 23.2 Å². The van der Waals surface area contributed by atoms with Gasteiger partial charge in [0.2, 0.25) is 5.88 Å². The first-order valence-electron chi connectivity index (χ1n) is 7.24. The van der Waals surface area contributed by atoms with Gasteiger partial charge in [-0.05, 0) is 30.0 Å². The largest absolute Gasteiger partial charge is 0.367 e. The topological polar surface area (TPSA) is 52.0 Å². The lowest BCUT2D eigenvalue weighted by molar-refractivity contribution is 0.345. The van der Waals surface area contributed by atoms with Gasteiger partial charge >= 0.3 is 0 Å². The van der Waals surface area contributed by atoms with Crippen LogP contribution in [0.4, 0.5) is 10.3 Å². The number of benzene rings is 1. The molecule has 2 aromatic rings. The molecule has 1 fully saturated rings. The van der Waals surface area contributed by atoms with E-state index in [1.807, 2.05) is 6.07 Å². The van der Waals surface area contributed by atoms with Gasteiger partial charge in [-0.15, -0.1) is 0 Å². The molecule has 3 nitrogen and oxygen atoms in total. The van der Waals surface area contributed by atoms with Gasteiger partial charge in [0, 0.05) is 0 Å². The highest BCUT2D eigenvalue weighted by atomic mass is 19.1. The molecule has 0 unspecified atom stereocenters. The Balaban J connectivity index is 1.89. The second-order valence-corrected chi connectivity index (χ2v) is 5.59. The molecule has 0 radical (unpaired) electrons. The molecule has 0 aliphatic heterocycles. The van der Waals surface area contributed by atoms with Gasteiger partial charge in [-0.1, -0.05) is 49.4 Å². The minimum atomic E-state index is -0.272. The average molecular weight is 274 g/mol. The molecule has 1 aliphatic rings. The average Bonchev–Trinajstić information content (AvgIpc) is 2.81. The van der Waals surface area contributed by atoms with Crippen molar-refractivity contribution < 1.29 is 8.91 Å². The van der Waals surface area contributed by atoms with E-state index in [9.17, 15) is 4.39 Å². The smallest absolute Gasteiger partial charge is 0.230 e. The van der Waals surface area contributed by atoms with Crippen LogP contribution in [0.25, 0.3) is 11.1 Å². The third kappa shape index (κ3) is 2.69. The van der Waals surface area contributed by atoms with E-state index in [1.165, 1.54) is 44.2 Å². The third-order valence-corrected chi connectivity index (χ3v) is 4.11. The van der Waals surface area contributed by atoms with Gasteiger partial charge in [-0.3, -0.25) is 0 Å². The number of hydrogen-bond donors (Lipinski definition) is 1. The fourth-order valence-corrected chi connectivity index (χ4v) is 3.09. The molecule has 1 aliphatic carbocycles. The van der Waals surface area contributed by atoms with Crippen LogP contribution in [0.3, 0.4) is 0 Å². The normalized spacial score (nSPS) is 16.4. The van der Waals surface area contributed by atoms with Gasteiger partial charge < -0.3 is 10.3 Å². The molecular weight excluding hydrogens is 255 g/mol. The molecule has 0 spiro atoms. The number of anilines is 1. The lowest BCUT2D eigenvalue weighted by atomic mass is 9.85. The Bertz CT molecular complexity index is 588. The number of hydrogen-bond acceptors (Lipinski definition) is 3. The highest BCUT2D eigenvalue weighted by Gasteiger charge is 2.21. The number of halogens is 1. The van der Waals surface area contributed by atoms with Crippen molar-refractivity contribution in [3.8, 4) is 11.1 Å². The van der Waals surface area contributed by atoms with Crippen LogP contribution in [-0.2, 0) is 6.42 Å². The highest BCUT2D eigenvalue weighted by molar-refractivity contribution is 5.75. The Morgan fingerprint density at radius 2 is 2.05 bits per heavy atom. The summed E-state index contributed by atoms with van der Waals surface area (Å²) in [6.07, 6.45) is 7.23. The summed E-state index contributed by atoms with van der Waals surface area (Å²) in [5.41, 5.74) is 8.24. The molecule has 4 heteroatoms. The highest BCUT2D eigenvalue weighted by Crippen LogP contribution is 2.34. The van der Waals surface area contributed by atoms with E-state index in [0.29, 0.717) is 5.92 Å². The van der Waals surface area contributed by atoms with E-state index in [-0.39, 0.29) is 11.7 Å². The molecule has 106 valence electrons. The van der Waals surface area contributed by atoms with Crippen molar-refractivity contribution in [2.45, 2.75) is 38.5 Å². The van der Waals surface area contributed by atoms with Gasteiger partial charge in [0.1, 0.15) is 5.82 Å². The maximum atomic E-state index is 13.4. The summed E-state index contributed by atoms with van der Waals surface area (Å²) in [7, 11) is 0.